The van der Waals surface area contributed by atoms with Crippen LogP contribution in [-0.4, -0.2) is 9.78 Å². The molecule has 98 valence electrons. The van der Waals surface area contributed by atoms with E-state index in [-0.39, 0.29) is 0 Å². The zero-order chi connectivity index (χ0) is 14.0. The highest BCUT2D eigenvalue weighted by atomic mass is 35.5. The van der Waals surface area contributed by atoms with Gasteiger partial charge in [0.15, 0.2) is 0 Å². The topological polar surface area (TPSA) is 53.6 Å². The molecule has 0 atom stereocenters. The fourth-order valence-electron chi connectivity index (χ4n) is 2.01. The number of aryl methyl sites for hydroxylation is 3. The second-order valence-electron chi connectivity index (χ2n) is 4.43. The molecular formula is C14H15ClN4. The van der Waals surface area contributed by atoms with Crippen LogP contribution in [0.5, 0.6) is 0 Å². The van der Waals surface area contributed by atoms with Gasteiger partial charge < -0.3 is 5.32 Å². The molecule has 5 heteroatoms. The smallest absolute Gasteiger partial charge is 0.102 e. The van der Waals surface area contributed by atoms with Gasteiger partial charge in [0, 0.05) is 7.05 Å². The van der Waals surface area contributed by atoms with E-state index in [1.165, 1.54) is 0 Å². The second-order valence-corrected chi connectivity index (χ2v) is 4.81. The van der Waals surface area contributed by atoms with Crippen molar-refractivity contribution in [3.63, 3.8) is 0 Å². The molecule has 19 heavy (non-hydrogen) atoms. The monoisotopic (exact) mass is 274 g/mol. The van der Waals surface area contributed by atoms with Crippen molar-refractivity contribution in [2.75, 3.05) is 5.32 Å². The Labute approximate surface area is 117 Å². The molecule has 4 nitrogen and oxygen atoms in total. The maximum atomic E-state index is 9.18. The van der Waals surface area contributed by atoms with Crippen LogP contribution in [0, 0.1) is 25.2 Å². The minimum absolute atomic E-state index is 0.536. The summed E-state index contributed by atoms with van der Waals surface area (Å²) in [5.74, 6) is 0. The standard InChI is InChI=1S/C14H15ClN4/c1-9-5-4-6-12(11(9)7-16)17-8-13-14(15)10(2)18-19(13)3/h4-6,17H,8H2,1-3H3. The Morgan fingerprint density at radius 3 is 2.74 bits per heavy atom. The number of hydrogen-bond donors (Lipinski definition) is 1. The number of aromatic nitrogens is 2. The first-order valence-corrected chi connectivity index (χ1v) is 6.34. The largest absolute Gasteiger partial charge is 0.378 e. The van der Waals surface area contributed by atoms with E-state index in [4.69, 9.17) is 11.6 Å². The van der Waals surface area contributed by atoms with Crippen molar-refractivity contribution in [2.45, 2.75) is 20.4 Å². The molecule has 0 spiro atoms. The van der Waals surface area contributed by atoms with Gasteiger partial charge in [-0.15, -0.1) is 0 Å². The van der Waals surface area contributed by atoms with Crippen LogP contribution in [0.15, 0.2) is 18.2 Å². The lowest BCUT2D eigenvalue weighted by Crippen LogP contribution is -2.07. The summed E-state index contributed by atoms with van der Waals surface area (Å²) in [7, 11) is 1.86. The molecule has 0 bridgehead atoms. The molecule has 2 rings (SSSR count). The van der Waals surface area contributed by atoms with Crippen molar-refractivity contribution >= 4 is 17.3 Å². The number of nitriles is 1. The Balaban J connectivity index is 2.25. The number of anilines is 1. The molecule has 0 saturated heterocycles. The Morgan fingerprint density at radius 1 is 1.42 bits per heavy atom. The van der Waals surface area contributed by atoms with E-state index in [0.29, 0.717) is 17.1 Å². The molecule has 0 unspecified atom stereocenters. The van der Waals surface area contributed by atoms with Gasteiger partial charge in [0.1, 0.15) is 6.07 Å². The van der Waals surface area contributed by atoms with Crippen molar-refractivity contribution in [3.05, 3.63) is 45.7 Å². The Hall–Kier alpha value is -1.99. The minimum Gasteiger partial charge on any atom is -0.378 e. The van der Waals surface area contributed by atoms with Crippen LogP contribution in [0.25, 0.3) is 0 Å². The van der Waals surface area contributed by atoms with Crippen LogP contribution in [0.1, 0.15) is 22.5 Å². The third-order valence-electron chi connectivity index (χ3n) is 3.09. The van der Waals surface area contributed by atoms with E-state index in [1.807, 2.05) is 39.1 Å². The first kappa shape index (κ1) is 13.4. The molecular weight excluding hydrogens is 260 g/mol. The summed E-state index contributed by atoms with van der Waals surface area (Å²) in [5, 5.41) is 17.4. The number of nitrogens with one attached hydrogen (secondary N) is 1. The number of hydrogen-bond acceptors (Lipinski definition) is 3. The molecule has 1 aromatic carbocycles. The van der Waals surface area contributed by atoms with Gasteiger partial charge >= 0.3 is 0 Å². The summed E-state index contributed by atoms with van der Waals surface area (Å²) < 4.78 is 1.76. The zero-order valence-electron chi connectivity index (χ0n) is 11.2. The molecule has 0 aliphatic heterocycles. The predicted molar refractivity (Wildman–Crippen MR) is 76.2 cm³/mol. The molecule has 1 aromatic heterocycles. The molecule has 0 fully saturated rings. The van der Waals surface area contributed by atoms with Crippen LogP contribution in [-0.2, 0) is 13.6 Å². The van der Waals surface area contributed by atoms with Crippen molar-refractivity contribution in [2.24, 2.45) is 7.05 Å². The van der Waals surface area contributed by atoms with E-state index in [9.17, 15) is 5.26 Å². The molecule has 0 radical (unpaired) electrons. The van der Waals surface area contributed by atoms with Crippen LogP contribution >= 0.6 is 11.6 Å². The first-order chi connectivity index (χ1) is 9.04. The summed E-state index contributed by atoms with van der Waals surface area (Å²) in [6.45, 7) is 4.33. The van der Waals surface area contributed by atoms with E-state index >= 15 is 0 Å². The number of benzene rings is 1. The van der Waals surface area contributed by atoms with Gasteiger partial charge in [0.25, 0.3) is 0 Å². The molecule has 0 amide bonds. The lowest BCUT2D eigenvalue weighted by Gasteiger charge is -2.10. The number of halogens is 1. The van der Waals surface area contributed by atoms with Crippen molar-refractivity contribution in [1.29, 1.82) is 5.26 Å². The summed E-state index contributed by atoms with van der Waals surface area (Å²) in [5.41, 5.74) is 4.16. The summed E-state index contributed by atoms with van der Waals surface area (Å²) in [6, 6.07) is 7.95. The van der Waals surface area contributed by atoms with Gasteiger partial charge in [-0.25, -0.2) is 0 Å². The highest BCUT2D eigenvalue weighted by molar-refractivity contribution is 6.31. The van der Waals surface area contributed by atoms with Crippen LogP contribution < -0.4 is 5.32 Å². The van der Waals surface area contributed by atoms with Gasteiger partial charge in [0.05, 0.1) is 34.2 Å². The summed E-state index contributed by atoms with van der Waals surface area (Å²) >= 11 is 6.20. The number of nitrogens with zero attached hydrogens (tertiary/aromatic N) is 3. The van der Waals surface area contributed by atoms with Gasteiger partial charge in [-0.2, -0.15) is 10.4 Å². The lowest BCUT2D eigenvalue weighted by molar-refractivity contribution is 0.713. The van der Waals surface area contributed by atoms with Gasteiger partial charge in [-0.05, 0) is 25.5 Å². The Kier molecular flexibility index (Phi) is 3.77. The first-order valence-electron chi connectivity index (χ1n) is 5.96. The van der Waals surface area contributed by atoms with Gasteiger partial charge in [0.2, 0.25) is 0 Å². The maximum Gasteiger partial charge on any atom is 0.102 e. The molecule has 0 aliphatic rings. The van der Waals surface area contributed by atoms with E-state index in [1.54, 1.807) is 4.68 Å². The number of rotatable bonds is 3. The van der Waals surface area contributed by atoms with E-state index < -0.39 is 0 Å². The molecule has 0 saturated carbocycles. The lowest BCUT2D eigenvalue weighted by atomic mass is 10.1. The maximum absolute atomic E-state index is 9.18. The average molecular weight is 275 g/mol. The second kappa shape index (κ2) is 5.33. The van der Waals surface area contributed by atoms with Crippen LogP contribution in [0.4, 0.5) is 5.69 Å². The van der Waals surface area contributed by atoms with Gasteiger partial charge in [-0.1, -0.05) is 23.7 Å². The highest BCUT2D eigenvalue weighted by Crippen LogP contribution is 2.23. The minimum atomic E-state index is 0.536. The SMILES string of the molecule is Cc1cccc(NCc2c(Cl)c(C)nn2C)c1C#N. The normalized spacial score (nSPS) is 10.3. The van der Waals surface area contributed by atoms with Crippen molar-refractivity contribution in [1.82, 2.24) is 9.78 Å². The van der Waals surface area contributed by atoms with Crippen molar-refractivity contribution in [3.8, 4) is 6.07 Å². The fourth-order valence-corrected chi connectivity index (χ4v) is 2.24. The zero-order valence-corrected chi connectivity index (χ0v) is 11.9. The molecule has 0 aliphatic carbocycles. The molecule has 1 N–H and O–H groups in total. The Morgan fingerprint density at radius 2 is 2.16 bits per heavy atom. The highest BCUT2D eigenvalue weighted by Gasteiger charge is 2.11. The summed E-state index contributed by atoms with van der Waals surface area (Å²) in [4.78, 5) is 0. The third-order valence-corrected chi connectivity index (χ3v) is 3.58. The molecule has 1 heterocycles. The third kappa shape index (κ3) is 2.56. The summed E-state index contributed by atoms with van der Waals surface area (Å²) in [6.07, 6.45) is 0. The van der Waals surface area contributed by atoms with E-state index in [2.05, 4.69) is 16.5 Å². The van der Waals surface area contributed by atoms with Gasteiger partial charge in [-0.3, -0.25) is 4.68 Å². The average Bonchev–Trinajstić information content (AvgIpc) is 2.61. The van der Waals surface area contributed by atoms with Crippen LogP contribution in [0.3, 0.4) is 0 Å². The van der Waals surface area contributed by atoms with Crippen molar-refractivity contribution < 1.29 is 0 Å². The Bertz CT molecular complexity index is 652. The fraction of sp³-hybridized carbons (Fsp3) is 0.286. The predicted octanol–water partition coefficient (Wildman–Crippen LogP) is 3.17. The quantitative estimate of drug-likeness (QED) is 0.935. The molecule has 2 aromatic rings. The van der Waals surface area contributed by atoms with E-state index in [0.717, 1.165) is 22.6 Å². The van der Waals surface area contributed by atoms with Crippen LogP contribution in [0.2, 0.25) is 5.02 Å².